The molecule has 142 valence electrons. The van der Waals surface area contributed by atoms with E-state index in [0.717, 1.165) is 21.6 Å². The smallest absolute Gasteiger partial charge is 0.00141 e. The Balaban J connectivity index is 0.000000660. The van der Waals surface area contributed by atoms with Gasteiger partial charge in [0.1, 0.15) is 0 Å². The molecule has 0 nitrogen and oxygen atoms in total. The highest BCUT2D eigenvalue weighted by atomic mass is 14.2. The van der Waals surface area contributed by atoms with E-state index in [1.807, 2.05) is 45.9 Å². The summed E-state index contributed by atoms with van der Waals surface area (Å²) in [4.78, 5) is 0. The first-order valence-corrected chi connectivity index (χ1v) is 10.0. The summed E-state index contributed by atoms with van der Waals surface area (Å²) in [5.74, 6) is 0. The molecule has 4 aromatic carbocycles. The van der Waals surface area contributed by atoms with Crippen LogP contribution in [0.1, 0.15) is 38.8 Å². The van der Waals surface area contributed by atoms with Gasteiger partial charge in [-0.05, 0) is 53.9 Å². The number of rotatable bonds is 3. The normalized spacial score (nSPS) is 10.9. The summed E-state index contributed by atoms with van der Waals surface area (Å²) >= 11 is 0. The molecule has 28 heavy (non-hydrogen) atoms. The molecular weight excluding hydrogens is 336 g/mol. The average molecular weight is 367 g/mol. The minimum atomic E-state index is 1.02. The summed E-state index contributed by atoms with van der Waals surface area (Å²) < 4.78 is 0. The molecule has 0 spiro atoms. The molecule has 0 aliphatic carbocycles. The average Bonchev–Trinajstić information content (AvgIpc) is 2.76. The van der Waals surface area contributed by atoms with E-state index in [4.69, 9.17) is 0 Å². The monoisotopic (exact) mass is 366 g/mol. The third-order valence-corrected chi connectivity index (χ3v) is 4.82. The van der Waals surface area contributed by atoms with E-state index in [1.54, 1.807) is 0 Å². The van der Waals surface area contributed by atoms with Crippen molar-refractivity contribution >= 4 is 57.1 Å². The van der Waals surface area contributed by atoms with Crippen LogP contribution in [0.15, 0.2) is 62.2 Å². The molecule has 0 saturated carbocycles. The summed E-state index contributed by atoms with van der Waals surface area (Å²) in [6.07, 6.45) is 7.75. The van der Waals surface area contributed by atoms with E-state index in [-0.39, 0.29) is 0 Å². The molecule has 0 aromatic heterocycles. The van der Waals surface area contributed by atoms with Crippen molar-refractivity contribution in [1.82, 2.24) is 0 Å². The van der Waals surface area contributed by atoms with E-state index in [1.165, 1.54) is 32.3 Å². The highest BCUT2D eigenvalue weighted by Gasteiger charge is 2.15. The van der Waals surface area contributed by atoms with E-state index in [2.05, 4.69) is 68.8 Å². The van der Waals surface area contributed by atoms with Crippen LogP contribution >= 0.6 is 0 Å². The van der Waals surface area contributed by atoms with Crippen LogP contribution in [0.5, 0.6) is 0 Å². The van der Waals surface area contributed by atoms with Gasteiger partial charge >= 0.3 is 0 Å². The van der Waals surface area contributed by atoms with Gasteiger partial charge < -0.3 is 0 Å². The molecule has 0 fully saturated rings. The lowest BCUT2D eigenvalue weighted by atomic mass is 9.86. The molecule has 0 heterocycles. The van der Waals surface area contributed by atoms with Crippen molar-refractivity contribution in [2.24, 2.45) is 0 Å². The van der Waals surface area contributed by atoms with Crippen molar-refractivity contribution in [1.29, 1.82) is 0 Å². The Labute approximate surface area is 168 Å². The lowest BCUT2D eigenvalue weighted by Gasteiger charge is -2.16. The maximum Gasteiger partial charge on any atom is -0.00141 e. The topological polar surface area (TPSA) is 0 Å². The molecular formula is C28H30. The standard InChI is InChI=1S/C24H18.2C2H6/c1-5-8-20-19(7-3)21-15(4)9-10-17-13-14-18-12-11-16(6-2)22(20)24(18)23(17)21;2*1-2/h5-14H,1-4H2;2*1-2H3/b20-8-;;. The van der Waals surface area contributed by atoms with E-state index in [0.29, 0.717) is 0 Å². The molecule has 4 rings (SSSR count). The van der Waals surface area contributed by atoms with Crippen molar-refractivity contribution in [3.8, 4) is 0 Å². The second kappa shape index (κ2) is 9.19. The quantitative estimate of drug-likeness (QED) is 0.334. The molecule has 0 aliphatic heterocycles. The molecule has 0 unspecified atom stereocenters. The lowest BCUT2D eigenvalue weighted by molar-refractivity contribution is 1.50. The van der Waals surface area contributed by atoms with Gasteiger partial charge in [0.2, 0.25) is 0 Å². The van der Waals surface area contributed by atoms with Crippen LogP contribution in [0.2, 0.25) is 0 Å². The number of benzene rings is 4. The summed E-state index contributed by atoms with van der Waals surface area (Å²) in [7, 11) is 0. The van der Waals surface area contributed by atoms with Crippen molar-refractivity contribution in [2.75, 3.05) is 0 Å². The highest BCUT2D eigenvalue weighted by molar-refractivity contribution is 6.26. The Morgan fingerprint density at radius 2 is 1.18 bits per heavy atom. The van der Waals surface area contributed by atoms with Crippen LogP contribution in [0.3, 0.4) is 0 Å². The van der Waals surface area contributed by atoms with Gasteiger partial charge in [-0.15, -0.1) is 0 Å². The minimum Gasteiger partial charge on any atom is -0.0990 e. The first kappa shape index (κ1) is 21.2. The summed E-state index contributed by atoms with van der Waals surface area (Å²) in [6, 6.07) is 12.9. The highest BCUT2D eigenvalue weighted by Crippen LogP contribution is 2.35. The number of hydrogen-bond donors (Lipinski definition) is 0. The Bertz CT molecular complexity index is 1250. The first-order chi connectivity index (χ1) is 13.7. The zero-order chi connectivity index (χ0) is 20.8. The summed E-state index contributed by atoms with van der Waals surface area (Å²) in [5.41, 5.74) is 2.24. The van der Waals surface area contributed by atoms with E-state index < -0.39 is 0 Å². The predicted octanol–water partition coefficient (Wildman–Crippen LogP) is 7.30. The molecule has 0 saturated heterocycles. The predicted molar refractivity (Wildman–Crippen MR) is 132 cm³/mol. The minimum absolute atomic E-state index is 1.02. The maximum absolute atomic E-state index is 4.27. The largest absolute Gasteiger partial charge is 0.0990 e. The van der Waals surface area contributed by atoms with Crippen LogP contribution in [-0.4, -0.2) is 0 Å². The van der Waals surface area contributed by atoms with Crippen molar-refractivity contribution in [3.63, 3.8) is 0 Å². The summed E-state index contributed by atoms with van der Waals surface area (Å²) in [5, 5.41) is 9.53. The van der Waals surface area contributed by atoms with Gasteiger partial charge in [-0.3, -0.25) is 0 Å². The van der Waals surface area contributed by atoms with Gasteiger partial charge in [-0.2, -0.15) is 0 Å². The molecule has 0 bridgehead atoms. The molecule has 0 N–H and O–H groups in total. The SMILES string of the molecule is C=C/C=c1/c(C=C)c2c(=C)ccc3ccc4ccc(C=C)c1c4c32.CC.CC. The van der Waals surface area contributed by atoms with Gasteiger partial charge in [0.15, 0.2) is 0 Å². The van der Waals surface area contributed by atoms with Gasteiger partial charge in [0.05, 0.1) is 0 Å². The Kier molecular flexibility index (Phi) is 6.95. The van der Waals surface area contributed by atoms with Crippen molar-refractivity contribution in [3.05, 3.63) is 83.8 Å². The fourth-order valence-corrected chi connectivity index (χ4v) is 3.83. The van der Waals surface area contributed by atoms with Gasteiger partial charge in [-0.25, -0.2) is 0 Å². The molecule has 0 heteroatoms. The van der Waals surface area contributed by atoms with Crippen LogP contribution in [-0.2, 0) is 0 Å². The van der Waals surface area contributed by atoms with Crippen LogP contribution < -0.4 is 10.4 Å². The Hall–Kier alpha value is -3.12. The number of allylic oxidation sites excluding steroid dienone is 1. The zero-order valence-electron chi connectivity index (χ0n) is 17.6. The van der Waals surface area contributed by atoms with Crippen LogP contribution in [0.25, 0.3) is 57.1 Å². The van der Waals surface area contributed by atoms with Gasteiger partial charge in [0.25, 0.3) is 0 Å². The second-order valence-corrected chi connectivity index (χ2v) is 6.03. The van der Waals surface area contributed by atoms with Crippen LogP contribution in [0, 0.1) is 0 Å². The molecule has 0 aliphatic rings. The molecule has 0 radical (unpaired) electrons. The zero-order valence-corrected chi connectivity index (χ0v) is 17.6. The fourth-order valence-electron chi connectivity index (χ4n) is 3.83. The number of hydrogen-bond acceptors (Lipinski definition) is 0. The van der Waals surface area contributed by atoms with Crippen LogP contribution in [0.4, 0.5) is 0 Å². The molecule has 0 amide bonds. The van der Waals surface area contributed by atoms with E-state index >= 15 is 0 Å². The Morgan fingerprint density at radius 3 is 1.71 bits per heavy atom. The first-order valence-electron chi connectivity index (χ1n) is 10.0. The Morgan fingerprint density at radius 1 is 0.643 bits per heavy atom. The summed E-state index contributed by atoms with van der Waals surface area (Å²) in [6.45, 7) is 24.3. The molecule has 0 atom stereocenters. The lowest BCUT2D eigenvalue weighted by Crippen LogP contribution is -2.14. The molecule has 4 aromatic rings. The fraction of sp³-hybridized carbons (Fsp3) is 0.143. The third kappa shape index (κ3) is 3.16. The van der Waals surface area contributed by atoms with E-state index in [9.17, 15) is 0 Å². The van der Waals surface area contributed by atoms with Crippen molar-refractivity contribution in [2.45, 2.75) is 27.7 Å². The van der Waals surface area contributed by atoms with Gasteiger partial charge in [0, 0.05) is 0 Å². The second-order valence-electron chi connectivity index (χ2n) is 6.03. The third-order valence-electron chi connectivity index (χ3n) is 4.82. The van der Waals surface area contributed by atoms with Gasteiger partial charge in [-0.1, -0.05) is 115 Å². The van der Waals surface area contributed by atoms with Crippen molar-refractivity contribution < 1.29 is 0 Å². The maximum atomic E-state index is 4.27.